The molecule has 0 aliphatic carbocycles. The molecule has 65 heavy (non-hydrogen) atoms. The second-order valence-corrected chi connectivity index (χ2v) is 15.6. The van der Waals surface area contributed by atoms with Gasteiger partial charge in [-0.3, -0.25) is 0 Å². The number of alkyl halides is 3. The number of hydrogen-bond acceptors (Lipinski definition) is 3. The van der Waals surface area contributed by atoms with Crippen LogP contribution in [0.5, 0.6) is 0 Å². The van der Waals surface area contributed by atoms with E-state index in [-0.39, 0.29) is 22.4 Å². The quantitative estimate of drug-likeness (QED) is 0.162. The van der Waals surface area contributed by atoms with E-state index in [1.807, 2.05) is 94.1 Å². The summed E-state index contributed by atoms with van der Waals surface area (Å²) in [5, 5.41) is 34.1. The normalized spacial score (nSPS) is 11.3. The van der Waals surface area contributed by atoms with Crippen LogP contribution < -0.4 is 0 Å². The van der Waals surface area contributed by atoms with Crippen molar-refractivity contribution in [3.05, 3.63) is 202 Å². The van der Waals surface area contributed by atoms with Crippen LogP contribution in [-0.4, -0.2) is 9.13 Å². The molecule has 10 heteroatoms. The van der Waals surface area contributed by atoms with Crippen molar-refractivity contribution in [3.8, 4) is 63.0 Å². The highest BCUT2D eigenvalue weighted by Gasteiger charge is 2.36. The Kier molecular flexibility index (Phi) is 9.29. The average molecular weight is 844 g/mol. The van der Waals surface area contributed by atoms with Gasteiger partial charge in [-0.1, -0.05) is 72.8 Å². The number of hydrogen-bond donors (Lipinski definition) is 0. The maximum atomic E-state index is 15.4. The first-order valence-corrected chi connectivity index (χ1v) is 20.2. The molecule has 0 fully saturated rings. The van der Waals surface area contributed by atoms with Crippen molar-refractivity contribution in [2.45, 2.75) is 13.1 Å². The molecule has 0 radical (unpaired) electrons. The SMILES string of the molecule is [C-]#[N+]c1cc(C#N)cc(-c2ccc3c4ccccc4n(-c4cc(-c5c(C)cccc5C(F)(F)F)c(-n5c6ccccc6c6ccc(-c7cc(C#N)cc([N+]#[C-])c7)cc65)cc4C#N)c3c2)c1. The van der Waals surface area contributed by atoms with Gasteiger partial charge < -0.3 is 9.13 Å². The van der Waals surface area contributed by atoms with Crippen molar-refractivity contribution in [1.29, 1.82) is 15.8 Å². The standard InChI is InChI=1S/C55H28F3N7/c1-32-9-8-12-47(55(56,57)58)54(32)46-28-50(64-48-13-6-4-10-42(48)44-17-15-35(25-51(44)64)37-19-33(29-59)21-40(23-37)62-2)39(31-61)27-53(46)65-49-14-7-5-11-43(49)45-18-16-36(26-52(45)65)38-20-34(30-60)22-41(24-38)63-3/h4-28H,1H3. The van der Waals surface area contributed by atoms with Crippen molar-refractivity contribution < 1.29 is 13.2 Å². The van der Waals surface area contributed by atoms with E-state index in [1.165, 1.54) is 18.2 Å². The number of benzene rings is 8. The molecule has 0 saturated carbocycles. The first-order chi connectivity index (χ1) is 31.5. The second kappa shape index (κ2) is 15.2. The summed E-state index contributed by atoms with van der Waals surface area (Å²) in [4.78, 5) is 7.15. The Morgan fingerprint density at radius 3 is 1.49 bits per heavy atom. The number of nitriles is 3. The van der Waals surface area contributed by atoms with Crippen LogP contribution in [0.1, 0.15) is 27.8 Å². The lowest BCUT2D eigenvalue weighted by molar-refractivity contribution is -0.137. The molecular weight excluding hydrogens is 816 g/mol. The molecule has 2 heterocycles. The molecule has 304 valence electrons. The summed E-state index contributed by atoms with van der Waals surface area (Å²) in [7, 11) is 0. The summed E-state index contributed by atoms with van der Waals surface area (Å²) in [6, 6.07) is 50.6. The lowest BCUT2D eigenvalue weighted by Crippen LogP contribution is -2.10. The zero-order valence-electron chi connectivity index (χ0n) is 34.2. The Labute approximate surface area is 370 Å². The fraction of sp³-hybridized carbons (Fsp3) is 0.0364. The van der Waals surface area contributed by atoms with Crippen LogP contribution in [0, 0.1) is 54.1 Å². The zero-order chi connectivity index (χ0) is 45.1. The third-order valence-electron chi connectivity index (χ3n) is 11.9. The van der Waals surface area contributed by atoms with E-state index in [4.69, 9.17) is 13.1 Å². The van der Waals surface area contributed by atoms with Crippen LogP contribution in [0.4, 0.5) is 24.5 Å². The van der Waals surface area contributed by atoms with Gasteiger partial charge in [0.1, 0.15) is 6.07 Å². The minimum Gasteiger partial charge on any atom is -0.309 e. The smallest absolute Gasteiger partial charge is 0.309 e. The number of aromatic nitrogens is 2. The monoisotopic (exact) mass is 843 g/mol. The van der Waals surface area contributed by atoms with Gasteiger partial charge in [0.05, 0.1) is 69.9 Å². The number of aryl methyl sites for hydroxylation is 1. The molecule has 0 bridgehead atoms. The number of fused-ring (bicyclic) bond motifs is 6. The molecule has 10 rings (SSSR count). The van der Waals surface area contributed by atoms with Gasteiger partial charge in [-0.2, -0.15) is 29.0 Å². The topological polar surface area (TPSA) is 89.9 Å². The van der Waals surface area contributed by atoms with Gasteiger partial charge >= 0.3 is 6.18 Å². The molecule has 0 aliphatic heterocycles. The van der Waals surface area contributed by atoms with Gasteiger partial charge in [0.25, 0.3) is 0 Å². The Morgan fingerprint density at radius 1 is 0.492 bits per heavy atom. The maximum Gasteiger partial charge on any atom is 0.417 e. The summed E-state index contributed by atoms with van der Waals surface area (Å²) in [5.74, 6) is 0. The highest BCUT2D eigenvalue weighted by molar-refractivity contribution is 6.12. The van der Waals surface area contributed by atoms with Crippen LogP contribution in [-0.2, 0) is 6.18 Å². The van der Waals surface area contributed by atoms with E-state index < -0.39 is 11.7 Å². The van der Waals surface area contributed by atoms with E-state index in [0.29, 0.717) is 78.1 Å². The summed E-state index contributed by atoms with van der Waals surface area (Å²) in [6.45, 7) is 17.0. The van der Waals surface area contributed by atoms with E-state index >= 15 is 13.2 Å². The molecule has 2 aromatic heterocycles. The molecule has 0 amide bonds. The summed E-state index contributed by atoms with van der Waals surface area (Å²) >= 11 is 0. The molecule has 0 aliphatic rings. The summed E-state index contributed by atoms with van der Waals surface area (Å²) in [5.41, 5.74) is 7.12. The molecule has 7 nitrogen and oxygen atoms in total. The first-order valence-electron chi connectivity index (χ1n) is 20.2. The van der Waals surface area contributed by atoms with Crippen molar-refractivity contribution in [2.75, 3.05) is 0 Å². The molecule has 0 spiro atoms. The molecule has 8 aromatic carbocycles. The van der Waals surface area contributed by atoms with E-state index in [0.717, 1.165) is 27.6 Å². The summed E-state index contributed by atoms with van der Waals surface area (Å²) in [6.07, 6.45) is -4.75. The van der Waals surface area contributed by atoms with Gasteiger partial charge in [0, 0.05) is 38.2 Å². The van der Waals surface area contributed by atoms with Gasteiger partial charge in [-0.15, -0.1) is 0 Å². The maximum absolute atomic E-state index is 15.4. The first kappa shape index (κ1) is 39.7. The van der Waals surface area contributed by atoms with Gasteiger partial charge in [0.2, 0.25) is 0 Å². The van der Waals surface area contributed by atoms with Gasteiger partial charge in [-0.25, -0.2) is 9.69 Å². The lowest BCUT2D eigenvalue weighted by Gasteiger charge is -2.22. The van der Waals surface area contributed by atoms with Crippen LogP contribution in [0.25, 0.3) is 98.1 Å². The minimum atomic E-state index is -4.75. The number of nitrogens with zero attached hydrogens (tertiary/aromatic N) is 7. The van der Waals surface area contributed by atoms with E-state index in [1.54, 1.807) is 49.4 Å². The molecule has 0 N–H and O–H groups in total. The molecule has 0 atom stereocenters. The third kappa shape index (κ3) is 6.49. The number of halogens is 3. The Hall–Kier alpha value is -9.40. The van der Waals surface area contributed by atoms with E-state index in [2.05, 4.69) is 27.9 Å². The Morgan fingerprint density at radius 2 is 1.00 bits per heavy atom. The van der Waals surface area contributed by atoms with Crippen LogP contribution in [0.3, 0.4) is 0 Å². The fourth-order valence-electron chi connectivity index (χ4n) is 9.13. The molecule has 10 aromatic rings. The molecule has 0 saturated heterocycles. The summed E-state index contributed by atoms with van der Waals surface area (Å²) < 4.78 is 49.9. The van der Waals surface area contributed by atoms with Crippen molar-refractivity contribution in [1.82, 2.24) is 9.13 Å². The number of rotatable bonds is 5. The Bertz CT molecular complexity index is 3840. The highest BCUT2D eigenvalue weighted by atomic mass is 19.4. The van der Waals surface area contributed by atoms with E-state index in [9.17, 15) is 15.8 Å². The number of para-hydroxylation sites is 2. The zero-order valence-corrected chi connectivity index (χ0v) is 34.2. The van der Waals surface area contributed by atoms with Crippen molar-refractivity contribution >= 4 is 55.0 Å². The lowest BCUT2D eigenvalue weighted by atomic mass is 9.91. The van der Waals surface area contributed by atoms with Crippen LogP contribution >= 0.6 is 0 Å². The largest absolute Gasteiger partial charge is 0.417 e. The highest BCUT2D eigenvalue weighted by Crippen LogP contribution is 2.46. The van der Waals surface area contributed by atoms with Crippen LogP contribution in [0.15, 0.2) is 152 Å². The fourth-order valence-corrected chi connectivity index (χ4v) is 9.13. The van der Waals surface area contributed by atoms with Crippen molar-refractivity contribution in [2.24, 2.45) is 0 Å². The second-order valence-electron chi connectivity index (χ2n) is 15.6. The average Bonchev–Trinajstić information content (AvgIpc) is 3.84. The predicted octanol–water partition coefficient (Wildman–Crippen LogP) is 14.9. The van der Waals surface area contributed by atoms with Crippen molar-refractivity contribution in [3.63, 3.8) is 0 Å². The third-order valence-corrected chi connectivity index (χ3v) is 11.9. The Balaban J connectivity index is 1.34. The molecular formula is C55H28F3N7. The minimum absolute atomic E-state index is 0.0484. The van der Waals surface area contributed by atoms with Crippen LogP contribution in [0.2, 0.25) is 0 Å². The van der Waals surface area contributed by atoms with Gasteiger partial charge in [-0.05, 0) is 119 Å². The van der Waals surface area contributed by atoms with Gasteiger partial charge in [0.15, 0.2) is 11.4 Å². The predicted molar refractivity (Wildman–Crippen MR) is 248 cm³/mol. The molecule has 0 unspecified atom stereocenters.